The van der Waals surface area contributed by atoms with Gasteiger partial charge in [0.1, 0.15) is 11.6 Å². The van der Waals surface area contributed by atoms with Crippen molar-refractivity contribution in [3.63, 3.8) is 0 Å². The highest BCUT2D eigenvalue weighted by Gasteiger charge is 2.04. The molecule has 4 nitrogen and oxygen atoms in total. The van der Waals surface area contributed by atoms with E-state index in [4.69, 9.17) is 10.5 Å². The number of ether oxygens (including phenoxy) is 1. The summed E-state index contributed by atoms with van der Waals surface area (Å²) in [6.07, 6.45) is 0. The van der Waals surface area contributed by atoms with Crippen molar-refractivity contribution in [2.75, 3.05) is 6.61 Å². The van der Waals surface area contributed by atoms with Gasteiger partial charge in [-0.3, -0.25) is 4.79 Å². The monoisotopic (exact) mass is 240 g/mol. The molecule has 0 fully saturated rings. The van der Waals surface area contributed by atoms with E-state index < -0.39 is 11.7 Å². The maximum absolute atomic E-state index is 13.3. The molecule has 1 aromatic rings. The van der Waals surface area contributed by atoms with Gasteiger partial charge in [-0.1, -0.05) is 13.8 Å². The Bertz CT molecular complexity index is 394. The molecular weight excluding hydrogens is 223 g/mol. The Kier molecular flexibility index (Phi) is 4.90. The van der Waals surface area contributed by atoms with Gasteiger partial charge in [0, 0.05) is 18.7 Å². The molecule has 0 bridgehead atoms. The summed E-state index contributed by atoms with van der Waals surface area (Å²) in [5, 5.41) is 3.17. The maximum atomic E-state index is 13.3. The van der Waals surface area contributed by atoms with Crippen molar-refractivity contribution >= 4 is 5.91 Å². The van der Waals surface area contributed by atoms with Gasteiger partial charge in [0.15, 0.2) is 6.61 Å². The molecule has 0 heterocycles. The quantitative estimate of drug-likeness (QED) is 0.785. The Morgan fingerprint density at radius 1 is 1.47 bits per heavy atom. The molecule has 0 aromatic heterocycles. The zero-order chi connectivity index (χ0) is 12.8. The average molecular weight is 240 g/mol. The van der Waals surface area contributed by atoms with Crippen molar-refractivity contribution in [2.24, 2.45) is 5.73 Å². The number of hydrogen-bond acceptors (Lipinski definition) is 3. The zero-order valence-corrected chi connectivity index (χ0v) is 10.00. The van der Waals surface area contributed by atoms with Gasteiger partial charge in [-0.15, -0.1) is 0 Å². The van der Waals surface area contributed by atoms with Crippen LogP contribution in [0.1, 0.15) is 19.4 Å². The maximum Gasteiger partial charge on any atom is 0.255 e. The summed E-state index contributed by atoms with van der Waals surface area (Å²) in [5.41, 5.74) is 5.71. The first-order valence-corrected chi connectivity index (χ1v) is 5.41. The lowest BCUT2D eigenvalue weighted by molar-refractivity contribution is -0.119. The van der Waals surface area contributed by atoms with Crippen LogP contribution in [0.2, 0.25) is 0 Å². The van der Waals surface area contributed by atoms with Crippen LogP contribution in [0.4, 0.5) is 4.39 Å². The van der Waals surface area contributed by atoms with Crippen LogP contribution in [-0.2, 0) is 11.3 Å². The van der Waals surface area contributed by atoms with Crippen molar-refractivity contribution in [1.82, 2.24) is 5.32 Å². The number of benzene rings is 1. The number of nitrogens with two attached hydrogens (primary N) is 1. The number of nitrogens with one attached hydrogen (secondary N) is 1. The van der Waals surface area contributed by atoms with E-state index in [1.807, 2.05) is 13.8 Å². The topological polar surface area (TPSA) is 64.3 Å². The molecule has 1 aromatic carbocycles. The minimum atomic E-state index is -0.587. The molecule has 0 aliphatic heterocycles. The highest BCUT2D eigenvalue weighted by molar-refractivity contribution is 5.75. The van der Waals surface area contributed by atoms with Crippen LogP contribution in [0.5, 0.6) is 5.75 Å². The largest absolute Gasteiger partial charge is 0.484 e. The van der Waals surface area contributed by atoms with Crippen molar-refractivity contribution < 1.29 is 13.9 Å². The SMILES string of the molecule is CC(C)NCc1cc(F)cc(OCC(N)=O)c1. The second kappa shape index (κ2) is 6.20. The van der Waals surface area contributed by atoms with E-state index in [0.29, 0.717) is 18.3 Å². The van der Waals surface area contributed by atoms with Gasteiger partial charge >= 0.3 is 0 Å². The van der Waals surface area contributed by atoms with E-state index in [-0.39, 0.29) is 6.61 Å². The molecule has 0 saturated heterocycles. The number of hydrogen-bond donors (Lipinski definition) is 2. The first-order valence-electron chi connectivity index (χ1n) is 5.41. The van der Waals surface area contributed by atoms with E-state index in [0.717, 1.165) is 5.56 Å². The van der Waals surface area contributed by atoms with Crippen LogP contribution in [0, 0.1) is 5.82 Å². The van der Waals surface area contributed by atoms with Crippen LogP contribution >= 0.6 is 0 Å². The summed E-state index contributed by atoms with van der Waals surface area (Å²) in [6.45, 7) is 4.30. The van der Waals surface area contributed by atoms with Crippen LogP contribution in [-0.4, -0.2) is 18.6 Å². The van der Waals surface area contributed by atoms with Crippen LogP contribution in [0.25, 0.3) is 0 Å². The van der Waals surface area contributed by atoms with Gasteiger partial charge < -0.3 is 15.8 Å². The molecule has 0 unspecified atom stereocenters. The fourth-order valence-electron chi connectivity index (χ4n) is 1.28. The second-order valence-corrected chi connectivity index (χ2v) is 4.09. The lowest BCUT2D eigenvalue weighted by Crippen LogP contribution is -2.22. The highest BCUT2D eigenvalue weighted by Crippen LogP contribution is 2.16. The predicted octanol–water partition coefficient (Wildman–Crippen LogP) is 1.19. The number of carbonyl (C=O) groups is 1. The summed E-state index contributed by atoms with van der Waals surface area (Å²) in [4.78, 5) is 10.5. The molecule has 0 aliphatic rings. The Hall–Kier alpha value is -1.62. The molecule has 0 spiro atoms. The number of amides is 1. The van der Waals surface area contributed by atoms with E-state index in [1.54, 1.807) is 6.07 Å². The third-order valence-electron chi connectivity index (χ3n) is 2.03. The van der Waals surface area contributed by atoms with Crippen LogP contribution < -0.4 is 15.8 Å². The summed E-state index contributed by atoms with van der Waals surface area (Å²) in [6, 6.07) is 4.64. The Labute approximate surface area is 100.0 Å². The highest BCUT2D eigenvalue weighted by atomic mass is 19.1. The molecule has 0 aliphatic carbocycles. The molecule has 1 rings (SSSR count). The Morgan fingerprint density at radius 2 is 2.18 bits per heavy atom. The van der Waals surface area contributed by atoms with Crippen molar-refractivity contribution in [2.45, 2.75) is 26.4 Å². The second-order valence-electron chi connectivity index (χ2n) is 4.09. The van der Waals surface area contributed by atoms with Crippen molar-refractivity contribution in [3.05, 3.63) is 29.6 Å². The minimum Gasteiger partial charge on any atom is -0.484 e. The van der Waals surface area contributed by atoms with E-state index in [9.17, 15) is 9.18 Å². The molecular formula is C12H17FN2O2. The molecule has 1 amide bonds. The van der Waals surface area contributed by atoms with Gasteiger partial charge in [0.25, 0.3) is 5.91 Å². The number of rotatable bonds is 6. The molecule has 0 saturated carbocycles. The average Bonchev–Trinajstić information content (AvgIpc) is 2.23. The summed E-state index contributed by atoms with van der Waals surface area (Å²) >= 11 is 0. The Balaban J connectivity index is 2.68. The lowest BCUT2D eigenvalue weighted by Gasteiger charge is -2.10. The minimum absolute atomic E-state index is 0.250. The number of carbonyl (C=O) groups excluding carboxylic acids is 1. The smallest absolute Gasteiger partial charge is 0.255 e. The zero-order valence-electron chi connectivity index (χ0n) is 10.00. The van der Waals surface area contributed by atoms with E-state index in [2.05, 4.69) is 5.32 Å². The summed E-state index contributed by atoms with van der Waals surface area (Å²) in [5.74, 6) is -0.673. The van der Waals surface area contributed by atoms with Gasteiger partial charge in [-0.25, -0.2) is 4.39 Å². The van der Waals surface area contributed by atoms with Crippen molar-refractivity contribution in [1.29, 1.82) is 0 Å². The molecule has 17 heavy (non-hydrogen) atoms. The molecule has 0 atom stereocenters. The number of primary amides is 1. The summed E-state index contributed by atoms with van der Waals surface area (Å²) in [7, 11) is 0. The van der Waals surface area contributed by atoms with E-state index >= 15 is 0 Å². The molecule has 94 valence electrons. The fourth-order valence-corrected chi connectivity index (χ4v) is 1.28. The van der Waals surface area contributed by atoms with Gasteiger partial charge in [0.05, 0.1) is 0 Å². The Morgan fingerprint density at radius 3 is 2.76 bits per heavy atom. The standard InChI is InChI=1S/C12H17FN2O2/c1-8(2)15-6-9-3-10(13)5-11(4-9)17-7-12(14)16/h3-5,8,15H,6-7H2,1-2H3,(H2,14,16). The third kappa shape index (κ3) is 5.31. The molecule has 5 heteroatoms. The normalized spacial score (nSPS) is 10.6. The van der Waals surface area contributed by atoms with Gasteiger partial charge in [-0.2, -0.15) is 0 Å². The van der Waals surface area contributed by atoms with Crippen LogP contribution in [0.3, 0.4) is 0 Å². The van der Waals surface area contributed by atoms with E-state index in [1.165, 1.54) is 12.1 Å². The van der Waals surface area contributed by atoms with Gasteiger partial charge in [-0.05, 0) is 17.7 Å². The molecule has 3 N–H and O–H groups in total. The third-order valence-corrected chi connectivity index (χ3v) is 2.03. The summed E-state index contributed by atoms with van der Waals surface area (Å²) < 4.78 is 18.3. The van der Waals surface area contributed by atoms with Gasteiger partial charge in [0.2, 0.25) is 0 Å². The molecule has 0 radical (unpaired) electrons. The first-order chi connectivity index (χ1) is 7.97. The fraction of sp³-hybridized carbons (Fsp3) is 0.417. The lowest BCUT2D eigenvalue weighted by atomic mass is 10.2. The van der Waals surface area contributed by atoms with Crippen molar-refractivity contribution in [3.8, 4) is 5.75 Å². The first kappa shape index (κ1) is 13.4. The number of halogens is 1. The predicted molar refractivity (Wildman–Crippen MR) is 63.1 cm³/mol. The van der Waals surface area contributed by atoms with Crippen LogP contribution in [0.15, 0.2) is 18.2 Å².